The molecule has 3 aromatic rings. The van der Waals surface area contributed by atoms with Crippen molar-refractivity contribution in [3.63, 3.8) is 0 Å². The summed E-state index contributed by atoms with van der Waals surface area (Å²) in [5.41, 5.74) is 5.82. The molecule has 0 aromatic heterocycles. The van der Waals surface area contributed by atoms with Crippen LogP contribution in [0.3, 0.4) is 0 Å². The molecule has 6 rings (SSSR count). The van der Waals surface area contributed by atoms with Crippen molar-refractivity contribution in [3.8, 4) is 23.0 Å². The van der Waals surface area contributed by atoms with Gasteiger partial charge in [-0.25, -0.2) is 0 Å². The van der Waals surface area contributed by atoms with Gasteiger partial charge in [-0.3, -0.25) is 4.79 Å². The zero-order valence-corrected chi connectivity index (χ0v) is 18.9. The quantitative estimate of drug-likeness (QED) is 0.543. The maximum Gasteiger partial charge on any atom is 0.231 e. The summed E-state index contributed by atoms with van der Waals surface area (Å²) in [7, 11) is 1.64. The zero-order valence-electron chi connectivity index (χ0n) is 18.9. The lowest BCUT2D eigenvalue weighted by atomic mass is 9.75. The van der Waals surface area contributed by atoms with Crippen LogP contribution in [-0.4, -0.2) is 19.7 Å². The molecule has 2 heterocycles. The molecule has 0 saturated heterocycles. The second-order valence-corrected chi connectivity index (χ2v) is 8.70. The number of hydrogen-bond donors (Lipinski definition) is 1. The largest absolute Gasteiger partial charge is 0.493 e. The molecule has 3 aliphatic rings. The third kappa shape index (κ3) is 3.55. The second-order valence-electron chi connectivity index (χ2n) is 8.70. The fourth-order valence-electron chi connectivity index (χ4n) is 5.02. The highest BCUT2D eigenvalue weighted by molar-refractivity contribution is 6.01. The third-order valence-electron chi connectivity index (χ3n) is 6.64. The highest BCUT2D eigenvalue weighted by Gasteiger charge is 2.37. The lowest BCUT2D eigenvalue weighted by molar-refractivity contribution is -0.116. The van der Waals surface area contributed by atoms with Crippen molar-refractivity contribution >= 4 is 11.5 Å². The van der Waals surface area contributed by atoms with Gasteiger partial charge in [0.05, 0.1) is 7.11 Å². The molecule has 0 bridgehead atoms. The van der Waals surface area contributed by atoms with E-state index in [1.165, 1.54) is 0 Å². The van der Waals surface area contributed by atoms with E-state index in [1.807, 2.05) is 60.7 Å². The minimum atomic E-state index is -0.224. The Labute approximate surface area is 198 Å². The number of hydrogen-bond acceptors (Lipinski definition) is 6. The first-order valence-electron chi connectivity index (χ1n) is 11.5. The highest BCUT2D eigenvalue weighted by atomic mass is 16.7. The number of benzene rings is 3. The predicted molar refractivity (Wildman–Crippen MR) is 128 cm³/mol. The van der Waals surface area contributed by atoms with E-state index >= 15 is 0 Å². The van der Waals surface area contributed by atoms with Crippen LogP contribution in [0.5, 0.6) is 23.0 Å². The van der Waals surface area contributed by atoms with Crippen LogP contribution in [0.15, 0.2) is 71.9 Å². The van der Waals surface area contributed by atoms with Gasteiger partial charge in [0.25, 0.3) is 0 Å². The van der Waals surface area contributed by atoms with E-state index in [2.05, 4.69) is 5.32 Å². The fourth-order valence-corrected chi connectivity index (χ4v) is 5.02. The molecule has 1 N–H and O–H groups in total. The van der Waals surface area contributed by atoms with Gasteiger partial charge >= 0.3 is 0 Å². The van der Waals surface area contributed by atoms with Crippen LogP contribution in [0.25, 0.3) is 0 Å². The minimum Gasteiger partial charge on any atom is -0.493 e. The molecule has 0 fully saturated rings. The van der Waals surface area contributed by atoms with E-state index in [0.29, 0.717) is 30.3 Å². The minimum absolute atomic E-state index is 0.185. The van der Waals surface area contributed by atoms with Crippen molar-refractivity contribution in [1.29, 1.82) is 0 Å². The molecule has 0 amide bonds. The molecule has 2 aliphatic heterocycles. The Balaban J connectivity index is 1.44. The molecule has 6 heteroatoms. The summed E-state index contributed by atoms with van der Waals surface area (Å²) < 4.78 is 23.0. The molecule has 34 heavy (non-hydrogen) atoms. The summed E-state index contributed by atoms with van der Waals surface area (Å²) >= 11 is 0. The van der Waals surface area contributed by atoms with E-state index in [-0.39, 0.29) is 18.5 Å². The number of carbonyl (C=O) groups excluding carboxylic acids is 1. The summed E-state index contributed by atoms with van der Waals surface area (Å²) in [6, 6.07) is 19.9. The summed E-state index contributed by atoms with van der Waals surface area (Å²) in [6.45, 7) is 0.629. The summed E-state index contributed by atoms with van der Waals surface area (Å²) in [4.78, 5) is 13.2. The number of Topliss-reactive ketones (excluding diaryl/α,β-unsaturated/α-hetero) is 1. The van der Waals surface area contributed by atoms with Crippen LogP contribution in [-0.2, 0) is 11.4 Å². The lowest BCUT2D eigenvalue weighted by Gasteiger charge is -2.34. The van der Waals surface area contributed by atoms with Crippen LogP contribution in [0.1, 0.15) is 41.9 Å². The Morgan fingerprint density at radius 2 is 1.79 bits per heavy atom. The van der Waals surface area contributed by atoms with Crippen LogP contribution in [0.4, 0.5) is 5.69 Å². The monoisotopic (exact) mass is 455 g/mol. The fraction of sp³-hybridized carbons (Fsp3) is 0.250. The number of rotatable bonds is 5. The van der Waals surface area contributed by atoms with E-state index in [0.717, 1.165) is 52.2 Å². The Bertz CT molecular complexity index is 1300. The molecule has 1 aliphatic carbocycles. The van der Waals surface area contributed by atoms with Gasteiger partial charge in [0, 0.05) is 35.4 Å². The van der Waals surface area contributed by atoms with E-state index < -0.39 is 0 Å². The third-order valence-corrected chi connectivity index (χ3v) is 6.64. The number of allylic oxidation sites excluding steroid dienone is 2. The van der Waals surface area contributed by atoms with Crippen molar-refractivity contribution < 1.29 is 23.7 Å². The highest BCUT2D eigenvalue weighted by Crippen LogP contribution is 2.50. The molecule has 0 radical (unpaired) electrons. The number of anilines is 1. The van der Waals surface area contributed by atoms with Gasteiger partial charge in [0.1, 0.15) is 6.61 Å². The van der Waals surface area contributed by atoms with Crippen LogP contribution in [0.2, 0.25) is 0 Å². The van der Waals surface area contributed by atoms with Crippen molar-refractivity contribution in [2.45, 2.75) is 31.8 Å². The average molecular weight is 456 g/mol. The van der Waals surface area contributed by atoms with E-state index in [4.69, 9.17) is 18.9 Å². The number of ketones is 1. The average Bonchev–Trinajstić information content (AvgIpc) is 3.33. The molecular formula is C28H25NO5. The van der Waals surface area contributed by atoms with Gasteiger partial charge in [-0.05, 0) is 47.7 Å². The second kappa shape index (κ2) is 8.45. The molecule has 1 atom stereocenters. The van der Waals surface area contributed by atoms with Crippen molar-refractivity contribution in [2.24, 2.45) is 0 Å². The van der Waals surface area contributed by atoms with Crippen molar-refractivity contribution in [1.82, 2.24) is 0 Å². The first-order valence-corrected chi connectivity index (χ1v) is 11.5. The summed E-state index contributed by atoms with van der Waals surface area (Å²) in [5.74, 6) is 2.69. The molecule has 3 aromatic carbocycles. The number of nitrogens with one attached hydrogen (secondary N) is 1. The normalized spacial score (nSPS) is 18.1. The Morgan fingerprint density at radius 1 is 0.971 bits per heavy atom. The molecule has 172 valence electrons. The number of methoxy groups -OCH3 is 1. The van der Waals surface area contributed by atoms with Gasteiger partial charge in [0.2, 0.25) is 6.79 Å². The van der Waals surface area contributed by atoms with Gasteiger partial charge in [-0.2, -0.15) is 0 Å². The van der Waals surface area contributed by atoms with Crippen LogP contribution >= 0.6 is 0 Å². The Kier molecular flexibility index (Phi) is 5.13. The van der Waals surface area contributed by atoms with Crippen LogP contribution in [0, 0.1) is 0 Å². The van der Waals surface area contributed by atoms with Crippen molar-refractivity contribution in [3.05, 3.63) is 88.6 Å². The molecule has 6 nitrogen and oxygen atoms in total. The topological polar surface area (TPSA) is 66.0 Å². The zero-order chi connectivity index (χ0) is 23.1. The Hall–Kier alpha value is -3.93. The van der Waals surface area contributed by atoms with E-state index in [9.17, 15) is 4.79 Å². The van der Waals surface area contributed by atoms with Crippen LogP contribution < -0.4 is 24.3 Å². The van der Waals surface area contributed by atoms with Gasteiger partial charge < -0.3 is 24.3 Å². The first kappa shape index (κ1) is 20.7. The lowest BCUT2D eigenvalue weighted by Crippen LogP contribution is -2.26. The number of ether oxygens (including phenoxy) is 4. The predicted octanol–water partition coefficient (Wildman–Crippen LogP) is 5.57. The first-order chi connectivity index (χ1) is 16.7. The van der Waals surface area contributed by atoms with Gasteiger partial charge in [0.15, 0.2) is 28.8 Å². The van der Waals surface area contributed by atoms with Crippen molar-refractivity contribution in [2.75, 3.05) is 19.2 Å². The molecule has 0 saturated carbocycles. The standard InChI is InChI=1S/C28H25NO5/c1-31-23-11-10-18(12-24(23)32-15-17-6-3-2-4-7-17)27-19-13-25-26(34-16-33-25)14-21(19)29-20-8-5-9-22(30)28(20)27/h2-4,6-7,10-14,27,29H,5,8-9,15-16H2,1H3/t27-/m0/s1. The molecule has 0 spiro atoms. The number of carbonyl (C=O) groups is 1. The van der Waals surface area contributed by atoms with Gasteiger partial charge in [-0.1, -0.05) is 36.4 Å². The van der Waals surface area contributed by atoms with E-state index in [1.54, 1.807) is 7.11 Å². The Morgan fingerprint density at radius 3 is 2.62 bits per heavy atom. The maximum absolute atomic E-state index is 13.2. The van der Waals surface area contributed by atoms with Gasteiger partial charge in [-0.15, -0.1) is 0 Å². The number of fused-ring (bicyclic) bond motifs is 2. The summed E-state index contributed by atoms with van der Waals surface area (Å²) in [5, 5.41) is 3.51. The SMILES string of the molecule is COc1ccc([C@@H]2C3=C(CCCC3=O)Nc3cc4c(cc32)OCO4)cc1OCc1ccccc1. The molecular weight excluding hydrogens is 430 g/mol. The molecule has 0 unspecified atom stereocenters. The smallest absolute Gasteiger partial charge is 0.231 e. The maximum atomic E-state index is 13.2. The summed E-state index contributed by atoms with van der Waals surface area (Å²) in [6.07, 6.45) is 2.26.